The summed E-state index contributed by atoms with van der Waals surface area (Å²) in [5.74, 6) is 3.18. The van der Waals surface area contributed by atoms with Crippen LogP contribution in [0.15, 0.2) is 29.2 Å². The van der Waals surface area contributed by atoms with E-state index in [0.717, 1.165) is 0 Å². The van der Waals surface area contributed by atoms with E-state index in [9.17, 15) is 4.21 Å². The van der Waals surface area contributed by atoms with Crippen molar-refractivity contribution in [3.63, 3.8) is 0 Å². The first-order valence-electron chi connectivity index (χ1n) is 3.43. The van der Waals surface area contributed by atoms with E-state index in [1.165, 1.54) is 0 Å². The van der Waals surface area contributed by atoms with E-state index in [2.05, 4.69) is 5.87 Å². The van der Waals surface area contributed by atoms with Crippen molar-refractivity contribution in [1.82, 2.24) is 0 Å². The summed E-state index contributed by atoms with van der Waals surface area (Å²) in [4.78, 5) is 0.326. The molecule has 0 fully saturated rings. The molecule has 1 aromatic carbocycles. The summed E-state index contributed by atoms with van der Waals surface area (Å²) in [5, 5.41) is 0. The van der Waals surface area contributed by atoms with E-state index in [1.54, 1.807) is 24.3 Å². The van der Waals surface area contributed by atoms with E-state index in [-0.39, 0.29) is 6.54 Å². The molecule has 0 aliphatic rings. The van der Waals surface area contributed by atoms with Gasteiger partial charge in [0.05, 0.1) is 4.90 Å². The number of hydrogen-bond acceptors (Lipinski definition) is 2. The van der Waals surface area contributed by atoms with Crippen LogP contribution >= 0.6 is 0 Å². The minimum Gasteiger partial charge on any atom is -0.326 e. The maximum Gasteiger partial charge on any atom is 0.104 e. The topological polar surface area (TPSA) is 63.3 Å². The largest absolute Gasteiger partial charge is 0.326 e. The lowest BCUT2D eigenvalue weighted by Crippen LogP contribution is -2.06. The lowest BCUT2D eigenvalue weighted by molar-refractivity contribution is 0.559. The first kappa shape index (κ1) is 9.25. The van der Waals surface area contributed by atoms with Crippen molar-refractivity contribution in [2.45, 2.75) is 11.4 Å². The molecule has 0 aromatic heterocycles. The zero-order chi connectivity index (χ0) is 9.19. The summed E-state index contributed by atoms with van der Waals surface area (Å²) in [7, 11) is -3.13. The smallest absolute Gasteiger partial charge is 0.104 e. The molecular weight excluding hydrogens is 174 g/mol. The average Bonchev–Trinajstić information content (AvgIpc) is 2.03. The van der Waals surface area contributed by atoms with Crippen LogP contribution in [0.1, 0.15) is 5.56 Å². The van der Waals surface area contributed by atoms with Gasteiger partial charge in [-0.15, -0.1) is 0 Å². The minimum absolute atomic E-state index is 0.253. The molecule has 0 aliphatic heterocycles. The van der Waals surface area contributed by atoms with Crippen LogP contribution in [0.5, 0.6) is 0 Å². The predicted octanol–water partition coefficient (Wildman–Crippen LogP) is 0.694. The Morgan fingerprint density at radius 1 is 1.50 bits per heavy atom. The van der Waals surface area contributed by atoms with E-state index in [1.807, 2.05) is 0 Å². The van der Waals surface area contributed by atoms with Crippen molar-refractivity contribution in [1.29, 1.82) is 0 Å². The Morgan fingerprint density at radius 2 is 2.08 bits per heavy atom. The third-order valence-corrected chi connectivity index (χ3v) is 2.62. The van der Waals surface area contributed by atoms with Gasteiger partial charge in [0.25, 0.3) is 0 Å². The lowest BCUT2D eigenvalue weighted by atomic mass is 10.2. The molecule has 0 radical (unpaired) electrons. The lowest BCUT2D eigenvalue weighted by Gasteiger charge is -2.06. The zero-order valence-corrected chi connectivity index (χ0v) is 7.38. The zero-order valence-electron chi connectivity index (χ0n) is 6.56. The fraction of sp³-hybridized carbons (Fsp3) is 0.125. The summed E-state index contributed by atoms with van der Waals surface area (Å²) in [5.41, 5.74) is 6.05. The summed E-state index contributed by atoms with van der Waals surface area (Å²) in [6.45, 7) is 0.253. The van der Waals surface area contributed by atoms with Gasteiger partial charge in [0.2, 0.25) is 0 Å². The molecule has 0 spiro atoms. The van der Waals surface area contributed by atoms with Gasteiger partial charge in [-0.2, -0.15) is 0 Å². The molecule has 1 unspecified atom stereocenters. The third-order valence-electron chi connectivity index (χ3n) is 1.54. The number of nitrogens with two attached hydrogens (primary N) is 1. The second-order valence-electron chi connectivity index (χ2n) is 2.45. The molecule has 66 valence electrons. The third kappa shape index (κ3) is 1.85. The highest BCUT2D eigenvalue weighted by atomic mass is 32.2. The first-order chi connectivity index (χ1) is 5.55. The Morgan fingerprint density at radius 3 is 2.50 bits per heavy atom. The van der Waals surface area contributed by atoms with Gasteiger partial charge < -0.3 is 10.3 Å². The second kappa shape index (κ2) is 3.26. The summed E-state index contributed by atoms with van der Waals surface area (Å²) >= 11 is 0. The van der Waals surface area contributed by atoms with Crippen LogP contribution in [0.4, 0.5) is 0 Å². The number of benzene rings is 1. The van der Waals surface area contributed by atoms with Crippen LogP contribution in [-0.4, -0.2) is 14.6 Å². The van der Waals surface area contributed by atoms with Crippen LogP contribution in [0.2, 0.25) is 0 Å². The normalized spacial score (nSPS) is 15.5. The number of hydrogen-bond donors (Lipinski definition) is 2. The van der Waals surface area contributed by atoms with Crippen LogP contribution in [0.25, 0.3) is 0 Å². The van der Waals surface area contributed by atoms with E-state index in [4.69, 9.17) is 10.3 Å². The van der Waals surface area contributed by atoms with Crippen molar-refractivity contribution < 1.29 is 8.76 Å². The molecule has 0 aliphatic carbocycles. The van der Waals surface area contributed by atoms with E-state index >= 15 is 0 Å². The van der Waals surface area contributed by atoms with Gasteiger partial charge in [-0.3, -0.25) is 0 Å². The van der Waals surface area contributed by atoms with Gasteiger partial charge >= 0.3 is 0 Å². The van der Waals surface area contributed by atoms with Crippen molar-refractivity contribution in [3.8, 4) is 0 Å². The molecule has 0 saturated carbocycles. The molecule has 0 amide bonds. The van der Waals surface area contributed by atoms with Crippen LogP contribution in [-0.2, 0) is 16.3 Å². The van der Waals surface area contributed by atoms with Gasteiger partial charge in [-0.25, -0.2) is 4.21 Å². The summed E-state index contributed by atoms with van der Waals surface area (Å²) in [6, 6.07) is 6.75. The van der Waals surface area contributed by atoms with Crippen molar-refractivity contribution in [2.75, 3.05) is 0 Å². The van der Waals surface area contributed by atoms with Crippen molar-refractivity contribution in [3.05, 3.63) is 29.8 Å². The van der Waals surface area contributed by atoms with Gasteiger partial charge in [0.15, 0.2) is 0 Å². The van der Waals surface area contributed by atoms with Gasteiger partial charge in [0.1, 0.15) is 9.80 Å². The standard InChI is InChI=1S/C8H11NO2S/c1-12(10,11)8-5-3-2-4-7(8)6-9/h2-5H,1,6,9H2,(H,10,11). The Bertz CT molecular complexity index is 370. The van der Waals surface area contributed by atoms with Crippen molar-refractivity contribution >= 4 is 15.7 Å². The van der Waals surface area contributed by atoms with Gasteiger partial charge in [-0.1, -0.05) is 18.2 Å². The first-order valence-corrected chi connectivity index (χ1v) is 5.12. The Hall–Kier alpha value is -0.840. The predicted molar refractivity (Wildman–Crippen MR) is 50.5 cm³/mol. The highest BCUT2D eigenvalue weighted by Crippen LogP contribution is 2.13. The molecule has 0 saturated heterocycles. The molecule has 1 atom stereocenters. The average molecular weight is 185 g/mol. The quantitative estimate of drug-likeness (QED) is 0.666. The molecular formula is C8H11NO2S. The molecule has 1 aromatic rings. The Balaban J connectivity index is 3.33. The highest BCUT2D eigenvalue weighted by molar-refractivity contribution is 7.95. The maximum atomic E-state index is 11.2. The van der Waals surface area contributed by atoms with Gasteiger partial charge in [-0.05, 0) is 17.5 Å². The maximum absolute atomic E-state index is 11.2. The summed E-state index contributed by atoms with van der Waals surface area (Å²) in [6.07, 6.45) is 0. The Labute approximate surface area is 72.1 Å². The molecule has 1 rings (SSSR count). The fourth-order valence-corrected chi connectivity index (χ4v) is 1.84. The Kier molecular flexibility index (Phi) is 2.52. The monoisotopic (exact) mass is 185 g/mol. The van der Waals surface area contributed by atoms with E-state index < -0.39 is 9.80 Å². The fourth-order valence-electron chi connectivity index (χ4n) is 0.984. The SMILES string of the molecule is C=S(=O)(O)c1ccccc1CN. The summed E-state index contributed by atoms with van der Waals surface area (Å²) < 4.78 is 20.3. The molecule has 3 N–H and O–H groups in total. The van der Waals surface area contributed by atoms with Crippen LogP contribution in [0, 0.1) is 0 Å². The van der Waals surface area contributed by atoms with Crippen molar-refractivity contribution in [2.24, 2.45) is 5.73 Å². The molecule has 4 heteroatoms. The van der Waals surface area contributed by atoms with Crippen LogP contribution < -0.4 is 5.73 Å². The van der Waals surface area contributed by atoms with E-state index in [0.29, 0.717) is 10.5 Å². The van der Waals surface area contributed by atoms with Gasteiger partial charge in [0, 0.05) is 6.54 Å². The second-order valence-corrected chi connectivity index (χ2v) is 4.17. The highest BCUT2D eigenvalue weighted by Gasteiger charge is 2.06. The minimum atomic E-state index is -3.13. The molecule has 0 bridgehead atoms. The molecule has 12 heavy (non-hydrogen) atoms. The molecule has 0 heterocycles. The number of rotatable bonds is 2. The molecule has 3 nitrogen and oxygen atoms in total. The van der Waals surface area contributed by atoms with Crippen LogP contribution in [0.3, 0.4) is 0 Å².